The molecule has 0 aliphatic carbocycles. The molecule has 14 nitrogen and oxygen atoms in total. The zero-order chi connectivity index (χ0) is 29.8. The highest BCUT2D eigenvalue weighted by atomic mass is 32.2. The molecule has 2 aromatic rings. The molecular weight excluding hydrogens is 542 g/mol. The fourth-order valence-electron chi connectivity index (χ4n) is 3.91. The number of carbonyl (C=O) groups is 6. The van der Waals surface area contributed by atoms with Gasteiger partial charge in [0.2, 0.25) is 29.5 Å². The molecule has 0 fully saturated rings. The highest BCUT2D eigenvalue weighted by Gasteiger charge is 2.31. The minimum absolute atomic E-state index is 0.0106. The van der Waals surface area contributed by atoms with Crippen molar-refractivity contribution in [3.63, 3.8) is 0 Å². The van der Waals surface area contributed by atoms with Gasteiger partial charge in [0.25, 0.3) is 0 Å². The van der Waals surface area contributed by atoms with Crippen molar-refractivity contribution >= 4 is 58.2 Å². The minimum Gasteiger partial charge on any atom is -0.480 e. The number of primary amides is 2. The van der Waals surface area contributed by atoms with Crippen molar-refractivity contribution in [3.05, 3.63) is 36.0 Å². The standard InChI is InChI=1S/C25H35N7O7S/c1-40-9-8-18(31-23(36)17(6-7-20(27)33)30-22(35)15(26)11-21(28)34)24(37)32-19(25(38)39)10-13-12-29-16-5-3-2-4-14(13)16/h2-5,12,15,17-19,29H,6-11,26H2,1H3,(H2,27,33)(H2,28,34)(H,30,35)(H,31,36)(H,32,37)(H,38,39). The largest absolute Gasteiger partial charge is 0.480 e. The number of hydrogen-bond acceptors (Lipinski definition) is 8. The Labute approximate surface area is 234 Å². The van der Waals surface area contributed by atoms with Crippen LogP contribution in [0.2, 0.25) is 0 Å². The molecule has 1 aromatic heterocycles. The van der Waals surface area contributed by atoms with Crippen LogP contribution >= 0.6 is 11.8 Å². The molecular formula is C25H35N7O7S. The number of rotatable bonds is 17. The number of benzene rings is 1. The number of para-hydroxylation sites is 1. The Morgan fingerprint density at radius 2 is 1.50 bits per heavy atom. The summed E-state index contributed by atoms with van der Waals surface area (Å²) in [5.74, 6) is -4.78. The van der Waals surface area contributed by atoms with E-state index in [0.29, 0.717) is 11.3 Å². The number of carboxylic acids is 1. The number of aromatic nitrogens is 1. The van der Waals surface area contributed by atoms with Gasteiger partial charge >= 0.3 is 5.97 Å². The summed E-state index contributed by atoms with van der Waals surface area (Å²) in [6.45, 7) is 0. The predicted molar refractivity (Wildman–Crippen MR) is 149 cm³/mol. The molecule has 0 aliphatic heterocycles. The van der Waals surface area contributed by atoms with Crippen molar-refractivity contribution in [1.29, 1.82) is 0 Å². The van der Waals surface area contributed by atoms with Gasteiger partial charge in [0.05, 0.1) is 12.5 Å². The number of amides is 5. The number of nitrogens with two attached hydrogens (primary N) is 3. The van der Waals surface area contributed by atoms with E-state index in [9.17, 15) is 33.9 Å². The molecule has 5 amide bonds. The van der Waals surface area contributed by atoms with Crippen molar-refractivity contribution in [2.24, 2.45) is 17.2 Å². The van der Waals surface area contributed by atoms with E-state index in [4.69, 9.17) is 17.2 Å². The predicted octanol–water partition coefficient (Wildman–Crippen LogP) is -1.53. The number of thioether (sulfide) groups is 1. The third kappa shape index (κ3) is 9.89. The van der Waals surface area contributed by atoms with Crippen LogP contribution in [-0.2, 0) is 35.2 Å². The van der Waals surface area contributed by atoms with Gasteiger partial charge in [-0.15, -0.1) is 0 Å². The lowest BCUT2D eigenvalue weighted by Crippen LogP contribution is -2.57. The van der Waals surface area contributed by atoms with E-state index in [1.807, 2.05) is 24.3 Å². The van der Waals surface area contributed by atoms with E-state index >= 15 is 0 Å². The second-order valence-corrected chi connectivity index (χ2v) is 10.1. The Morgan fingerprint density at radius 3 is 2.10 bits per heavy atom. The van der Waals surface area contributed by atoms with Crippen LogP contribution in [0.5, 0.6) is 0 Å². The second-order valence-electron chi connectivity index (χ2n) is 9.15. The Hall–Kier alpha value is -4.11. The summed E-state index contributed by atoms with van der Waals surface area (Å²) >= 11 is 1.40. The van der Waals surface area contributed by atoms with Gasteiger partial charge in [0.15, 0.2) is 0 Å². The molecule has 11 N–H and O–H groups in total. The van der Waals surface area contributed by atoms with Gasteiger partial charge in [-0.05, 0) is 36.5 Å². The Balaban J connectivity index is 2.18. The number of nitrogens with one attached hydrogen (secondary N) is 4. The molecule has 0 bridgehead atoms. The first-order valence-electron chi connectivity index (χ1n) is 12.4. The molecule has 0 aliphatic rings. The van der Waals surface area contributed by atoms with Gasteiger partial charge < -0.3 is 43.2 Å². The molecule has 0 saturated heterocycles. The molecule has 1 aromatic carbocycles. The molecule has 40 heavy (non-hydrogen) atoms. The zero-order valence-electron chi connectivity index (χ0n) is 22.0. The maximum absolute atomic E-state index is 13.2. The lowest BCUT2D eigenvalue weighted by molar-refractivity contribution is -0.142. The third-order valence-corrected chi connectivity index (χ3v) is 6.67. The number of H-pyrrole nitrogens is 1. The van der Waals surface area contributed by atoms with E-state index in [1.54, 1.807) is 12.5 Å². The average molecular weight is 578 g/mol. The summed E-state index contributed by atoms with van der Waals surface area (Å²) in [4.78, 5) is 76.2. The van der Waals surface area contributed by atoms with Crippen LogP contribution in [0.4, 0.5) is 0 Å². The fourth-order valence-corrected chi connectivity index (χ4v) is 4.38. The molecule has 218 valence electrons. The van der Waals surface area contributed by atoms with Gasteiger partial charge in [-0.3, -0.25) is 24.0 Å². The van der Waals surface area contributed by atoms with Gasteiger partial charge in [-0.1, -0.05) is 18.2 Å². The topological polar surface area (TPSA) is 253 Å². The molecule has 0 radical (unpaired) electrons. The number of hydrogen-bond donors (Lipinski definition) is 8. The Morgan fingerprint density at radius 1 is 0.900 bits per heavy atom. The molecule has 0 spiro atoms. The first-order chi connectivity index (χ1) is 18.9. The van der Waals surface area contributed by atoms with Crippen LogP contribution in [-0.4, -0.2) is 81.8 Å². The number of carboxylic acid groups (broad SMARTS) is 1. The summed E-state index contributed by atoms with van der Waals surface area (Å²) < 4.78 is 0. The zero-order valence-corrected chi connectivity index (χ0v) is 22.8. The second kappa shape index (κ2) is 15.5. The summed E-state index contributed by atoms with van der Waals surface area (Å²) in [6, 6.07) is 2.23. The number of aromatic amines is 1. The first-order valence-corrected chi connectivity index (χ1v) is 13.8. The van der Waals surface area contributed by atoms with E-state index in [2.05, 4.69) is 20.9 Å². The molecule has 2 rings (SSSR count). The van der Waals surface area contributed by atoms with Gasteiger partial charge in [-0.25, -0.2) is 4.79 Å². The van der Waals surface area contributed by atoms with Crippen molar-refractivity contribution < 1.29 is 33.9 Å². The quantitative estimate of drug-likeness (QED) is 0.108. The third-order valence-electron chi connectivity index (χ3n) is 6.03. The molecule has 15 heteroatoms. The van der Waals surface area contributed by atoms with Crippen LogP contribution in [0, 0.1) is 0 Å². The smallest absolute Gasteiger partial charge is 0.326 e. The highest BCUT2D eigenvalue weighted by Crippen LogP contribution is 2.19. The van der Waals surface area contributed by atoms with Crippen molar-refractivity contribution in [1.82, 2.24) is 20.9 Å². The highest BCUT2D eigenvalue weighted by molar-refractivity contribution is 7.98. The van der Waals surface area contributed by atoms with Gasteiger partial charge in [0, 0.05) is 29.9 Å². The number of carbonyl (C=O) groups excluding carboxylic acids is 5. The van der Waals surface area contributed by atoms with E-state index in [0.717, 1.165) is 10.9 Å². The summed E-state index contributed by atoms with van der Waals surface area (Å²) in [5, 5.41) is 18.0. The van der Waals surface area contributed by atoms with E-state index < -0.39 is 66.1 Å². The number of aliphatic carboxylic acids is 1. The normalized spacial score (nSPS) is 13.9. The van der Waals surface area contributed by atoms with E-state index in [-0.39, 0.29) is 25.7 Å². The van der Waals surface area contributed by atoms with E-state index in [1.165, 1.54) is 11.8 Å². The lowest BCUT2D eigenvalue weighted by atomic mass is 10.0. The van der Waals surface area contributed by atoms with Crippen LogP contribution < -0.4 is 33.2 Å². The Bertz CT molecular complexity index is 1240. The van der Waals surface area contributed by atoms with Crippen molar-refractivity contribution in [2.45, 2.75) is 56.3 Å². The lowest BCUT2D eigenvalue weighted by Gasteiger charge is -2.25. The van der Waals surface area contributed by atoms with Crippen LogP contribution in [0.25, 0.3) is 10.9 Å². The van der Waals surface area contributed by atoms with Crippen molar-refractivity contribution in [2.75, 3.05) is 12.0 Å². The summed E-state index contributed by atoms with van der Waals surface area (Å²) in [7, 11) is 0. The maximum Gasteiger partial charge on any atom is 0.326 e. The van der Waals surface area contributed by atoms with Crippen LogP contribution in [0.15, 0.2) is 30.5 Å². The molecule has 0 saturated carbocycles. The molecule has 4 unspecified atom stereocenters. The van der Waals surface area contributed by atoms with Crippen LogP contribution in [0.1, 0.15) is 31.2 Å². The van der Waals surface area contributed by atoms with Gasteiger partial charge in [-0.2, -0.15) is 11.8 Å². The molecule has 4 atom stereocenters. The Kier molecular flexibility index (Phi) is 12.4. The van der Waals surface area contributed by atoms with Gasteiger partial charge in [0.1, 0.15) is 18.1 Å². The monoisotopic (exact) mass is 577 g/mol. The SMILES string of the molecule is CSCCC(NC(=O)C(CCC(N)=O)NC(=O)C(N)CC(N)=O)C(=O)NC(Cc1c[nH]c2ccccc12)C(=O)O. The first kappa shape index (κ1) is 32.1. The minimum atomic E-state index is -1.34. The summed E-state index contributed by atoms with van der Waals surface area (Å²) in [5.41, 5.74) is 17.4. The average Bonchev–Trinajstić information content (AvgIpc) is 3.30. The fraction of sp³-hybridized carbons (Fsp3) is 0.440. The summed E-state index contributed by atoms with van der Waals surface area (Å²) in [6.07, 6.45) is 2.67. The van der Waals surface area contributed by atoms with Crippen molar-refractivity contribution in [3.8, 4) is 0 Å². The number of fused-ring (bicyclic) bond motifs is 1. The van der Waals surface area contributed by atoms with Crippen LogP contribution in [0.3, 0.4) is 0 Å². The maximum atomic E-state index is 13.2. The molecule has 1 heterocycles.